The SMILES string of the molecule is O=C1CCC(CNC(=O)c2cc(O)cc(O)c2)N1. The van der Waals surface area contributed by atoms with E-state index >= 15 is 0 Å². The molecule has 2 amide bonds. The number of hydrogen-bond donors (Lipinski definition) is 4. The van der Waals surface area contributed by atoms with E-state index < -0.39 is 5.91 Å². The summed E-state index contributed by atoms with van der Waals surface area (Å²) in [5.41, 5.74) is 0.178. The summed E-state index contributed by atoms with van der Waals surface area (Å²) in [4.78, 5) is 22.7. The van der Waals surface area contributed by atoms with Crippen LogP contribution in [-0.2, 0) is 4.79 Å². The number of phenolic OH excluding ortho intramolecular Hbond substituents is 2. The minimum atomic E-state index is -0.401. The van der Waals surface area contributed by atoms with Crippen molar-refractivity contribution in [3.8, 4) is 11.5 Å². The zero-order valence-electron chi connectivity index (χ0n) is 9.64. The van der Waals surface area contributed by atoms with Gasteiger partial charge in [0.25, 0.3) is 5.91 Å². The zero-order valence-corrected chi connectivity index (χ0v) is 9.64. The van der Waals surface area contributed by atoms with Crippen molar-refractivity contribution in [2.75, 3.05) is 6.54 Å². The lowest BCUT2D eigenvalue weighted by Gasteiger charge is -2.11. The number of carbonyl (C=O) groups excluding carboxylic acids is 2. The quantitative estimate of drug-likeness (QED) is 0.611. The molecule has 18 heavy (non-hydrogen) atoms. The summed E-state index contributed by atoms with van der Waals surface area (Å²) < 4.78 is 0. The van der Waals surface area contributed by atoms with E-state index in [1.807, 2.05) is 0 Å². The molecule has 0 bridgehead atoms. The van der Waals surface area contributed by atoms with Crippen LogP contribution in [0.2, 0.25) is 0 Å². The van der Waals surface area contributed by atoms with Crippen LogP contribution >= 0.6 is 0 Å². The van der Waals surface area contributed by atoms with Crippen LogP contribution < -0.4 is 10.6 Å². The number of carbonyl (C=O) groups is 2. The second kappa shape index (κ2) is 4.95. The van der Waals surface area contributed by atoms with Crippen molar-refractivity contribution < 1.29 is 19.8 Å². The molecule has 1 aliphatic heterocycles. The average Bonchev–Trinajstić information content (AvgIpc) is 2.70. The van der Waals surface area contributed by atoms with Crippen LogP contribution in [0.1, 0.15) is 23.2 Å². The molecule has 1 heterocycles. The molecule has 0 aromatic heterocycles. The highest BCUT2D eigenvalue weighted by Gasteiger charge is 2.21. The van der Waals surface area contributed by atoms with E-state index in [4.69, 9.17) is 0 Å². The third-order valence-electron chi connectivity index (χ3n) is 2.76. The lowest BCUT2D eigenvalue weighted by atomic mass is 10.1. The van der Waals surface area contributed by atoms with E-state index in [1.165, 1.54) is 12.1 Å². The van der Waals surface area contributed by atoms with Crippen molar-refractivity contribution in [1.82, 2.24) is 10.6 Å². The molecule has 1 aromatic rings. The smallest absolute Gasteiger partial charge is 0.251 e. The van der Waals surface area contributed by atoms with Gasteiger partial charge in [0.15, 0.2) is 0 Å². The standard InChI is InChI=1S/C12H14N2O4/c15-9-3-7(4-10(16)5-9)12(18)13-6-8-1-2-11(17)14-8/h3-5,8,15-16H,1-2,6H2,(H,13,18)(H,14,17). The third kappa shape index (κ3) is 2.91. The highest BCUT2D eigenvalue weighted by atomic mass is 16.3. The van der Waals surface area contributed by atoms with Gasteiger partial charge in [-0.25, -0.2) is 0 Å². The molecule has 1 aliphatic rings. The Balaban J connectivity index is 1.93. The number of aromatic hydroxyl groups is 2. The summed E-state index contributed by atoms with van der Waals surface area (Å²) in [7, 11) is 0. The largest absolute Gasteiger partial charge is 0.508 e. The van der Waals surface area contributed by atoms with Gasteiger partial charge in [0.1, 0.15) is 11.5 Å². The van der Waals surface area contributed by atoms with Crippen LogP contribution in [0.15, 0.2) is 18.2 Å². The third-order valence-corrected chi connectivity index (χ3v) is 2.76. The number of hydrogen-bond acceptors (Lipinski definition) is 4. The summed E-state index contributed by atoms with van der Waals surface area (Å²) in [5.74, 6) is -0.754. The van der Waals surface area contributed by atoms with Crippen molar-refractivity contribution in [3.05, 3.63) is 23.8 Å². The van der Waals surface area contributed by atoms with Gasteiger partial charge in [0.2, 0.25) is 5.91 Å². The summed E-state index contributed by atoms with van der Waals surface area (Å²) in [6, 6.07) is 3.63. The van der Waals surface area contributed by atoms with Gasteiger partial charge in [-0.15, -0.1) is 0 Å². The van der Waals surface area contributed by atoms with E-state index in [1.54, 1.807) is 0 Å². The van der Waals surface area contributed by atoms with Crippen LogP contribution in [0.25, 0.3) is 0 Å². The molecular weight excluding hydrogens is 236 g/mol. The molecule has 96 valence electrons. The monoisotopic (exact) mass is 250 g/mol. The Morgan fingerprint density at radius 2 is 2.00 bits per heavy atom. The number of amides is 2. The van der Waals surface area contributed by atoms with Crippen LogP contribution in [0, 0.1) is 0 Å². The molecule has 6 nitrogen and oxygen atoms in total. The molecule has 4 N–H and O–H groups in total. The highest BCUT2D eigenvalue weighted by Crippen LogP contribution is 2.20. The van der Waals surface area contributed by atoms with Crippen molar-refractivity contribution in [2.45, 2.75) is 18.9 Å². The molecule has 1 fully saturated rings. The van der Waals surface area contributed by atoms with Gasteiger partial charge < -0.3 is 20.8 Å². The minimum Gasteiger partial charge on any atom is -0.508 e. The zero-order chi connectivity index (χ0) is 13.1. The Morgan fingerprint density at radius 3 is 2.56 bits per heavy atom. The molecule has 2 rings (SSSR count). The predicted octanol–water partition coefficient (Wildman–Crippen LogP) is 0.106. The van der Waals surface area contributed by atoms with Gasteiger partial charge in [0, 0.05) is 30.6 Å². The first-order valence-corrected chi connectivity index (χ1v) is 5.65. The number of benzene rings is 1. The maximum atomic E-state index is 11.7. The Morgan fingerprint density at radius 1 is 1.33 bits per heavy atom. The van der Waals surface area contributed by atoms with Crippen molar-refractivity contribution in [2.24, 2.45) is 0 Å². The second-order valence-electron chi connectivity index (χ2n) is 4.25. The van der Waals surface area contributed by atoms with Gasteiger partial charge >= 0.3 is 0 Å². The molecule has 6 heteroatoms. The van der Waals surface area contributed by atoms with E-state index in [0.717, 1.165) is 6.07 Å². The predicted molar refractivity (Wildman–Crippen MR) is 63.3 cm³/mol. The molecule has 0 aliphatic carbocycles. The van der Waals surface area contributed by atoms with E-state index in [-0.39, 0.29) is 29.0 Å². The second-order valence-corrected chi connectivity index (χ2v) is 4.25. The first kappa shape index (κ1) is 12.2. The lowest BCUT2D eigenvalue weighted by Crippen LogP contribution is -2.38. The lowest BCUT2D eigenvalue weighted by molar-refractivity contribution is -0.119. The first-order valence-electron chi connectivity index (χ1n) is 5.65. The Kier molecular flexibility index (Phi) is 3.36. The number of phenols is 2. The Hall–Kier alpha value is -2.24. The van der Waals surface area contributed by atoms with Crippen molar-refractivity contribution in [1.29, 1.82) is 0 Å². The molecule has 0 radical (unpaired) electrons. The first-order chi connectivity index (χ1) is 8.54. The molecule has 0 saturated carbocycles. The molecule has 1 unspecified atom stereocenters. The fraction of sp³-hybridized carbons (Fsp3) is 0.333. The van der Waals surface area contributed by atoms with Crippen molar-refractivity contribution >= 4 is 11.8 Å². The fourth-order valence-electron chi connectivity index (χ4n) is 1.87. The van der Waals surface area contributed by atoms with E-state index in [2.05, 4.69) is 10.6 Å². The minimum absolute atomic E-state index is 0.00995. The summed E-state index contributed by atoms with van der Waals surface area (Å²) >= 11 is 0. The van der Waals surface area contributed by atoms with Gasteiger partial charge in [-0.1, -0.05) is 0 Å². The number of nitrogens with one attached hydrogen (secondary N) is 2. The highest BCUT2D eigenvalue weighted by molar-refractivity contribution is 5.95. The van der Waals surface area contributed by atoms with Crippen LogP contribution in [-0.4, -0.2) is 34.6 Å². The fourth-order valence-corrected chi connectivity index (χ4v) is 1.87. The number of rotatable bonds is 3. The summed E-state index contributed by atoms with van der Waals surface area (Å²) in [5, 5.41) is 23.9. The summed E-state index contributed by atoms with van der Waals surface area (Å²) in [6.45, 7) is 0.334. The van der Waals surface area contributed by atoms with Gasteiger partial charge in [-0.05, 0) is 18.6 Å². The van der Waals surface area contributed by atoms with E-state index in [9.17, 15) is 19.8 Å². The maximum absolute atomic E-state index is 11.7. The van der Waals surface area contributed by atoms with Crippen molar-refractivity contribution in [3.63, 3.8) is 0 Å². The molecule has 1 aromatic carbocycles. The van der Waals surface area contributed by atoms with Gasteiger partial charge in [-0.3, -0.25) is 9.59 Å². The van der Waals surface area contributed by atoms with Crippen LogP contribution in [0.4, 0.5) is 0 Å². The maximum Gasteiger partial charge on any atom is 0.251 e. The van der Waals surface area contributed by atoms with Gasteiger partial charge in [0.05, 0.1) is 0 Å². The Bertz CT molecular complexity index is 467. The molecular formula is C12H14N2O4. The summed E-state index contributed by atoms with van der Waals surface area (Å²) in [6.07, 6.45) is 1.18. The normalized spacial score (nSPS) is 18.4. The van der Waals surface area contributed by atoms with E-state index in [0.29, 0.717) is 19.4 Å². The molecule has 1 atom stereocenters. The van der Waals surface area contributed by atoms with Gasteiger partial charge in [-0.2, -0.15) is 0 Å². The molecule has 1 saturated heterocycles. The van der Waals surface area contributed by atoms with Crippen LogP contribution in [0.3, 0.4) is 0 Å². The Labute approximate surface area is 104 Å². The molecule has 0 spiro atoms. The topological polar surface area (TPSA) is 98.7 Å². The van der Waals surface area contributed by atoms with Crippen LogP contribution in [0.5, 0.6) is 11.5 Å². The average molecular weight is 250 g/mol.